The molecule has 0 aromatic heterocycles. The Morgan fingerprint density at radius 1 is 0.520 bits per heavy atom. The third kappa shape index (κ3) is 16.4. The Labute approximate surface area is 156 Å². The first-order valence-corrected chi connectivity index (χ1v) is 10.9. The van der Waals surface area contributed by atoms with E-state index in [2.05, 4.69) is 6.92 Å². The van der Waals surface area contributed by atoms with Crippen molar-refractivity contribution in [1.29, 1.82) is 0 Å². The monoisotopic (exact) mass is 353 g/mol. The summed E-state index contributed by atoms with van der Waals surface area (Å²) in [4.78, 5) is 23.9. The summed E-state index contributed by atoms with van der Waals surface area (Å²) in [6, 6.07) is 0. The topological polar surface area (TPSA) is 37.4 Å². The average Bonchev–Trinajstić information content (AvgIpc) is 2.57. The fraction of sp³-hybridized carbons (Fsp3) is 0.909. The Morgan fingerprint density at radius 2 is 0.800 bits per heavy atom. The van der Waals surface area contributed by atoms with Crippen LogP contribution in [0.2, 0.25) is 0 Å². The van der Waals surface area contributed by atoms with Gasteiger partial charge < -0.3 is 0 Å². The lowest BCUT2D eigenvalue weighted by atomic mass is 10.0. The second kappa shape index (κ2) is 17.9. The smallest absolute Gasteiger partial charge is 0.226 e. The molecule has 0 unspecified atom stereocenters. The van der Waals surface area contributed by atoms with E-state index >= 15 is 0 Å². The number of hydrogen-bond donors (Lipinski definition) is 0. The maximum Gasteiger partial charge on any atom is 0.226 e. The van der Waals surface area contributed by atoms with Gasteiger partial charge in [0.25, 0.3) is 0 Å². The fourth-order valence-electron chi connectivity index (χ4n) is 3.35. The van der Waals surface area contributed by atoms with Gasteiger partial charge in [-0.2, -0.15) is 0 Å². The molecule has 0 aliphatic carbocycles. The van der Waals surface area contributed by atoms with Gasteiger partial charge in [0.05, 0.1) is 0 Å². The summed E-state index contributed by atoms with van der Waals surface area (Å²) < 4.78 is 0. The van der Waals surface area contributed by atoms with Crippen molar-refractivity contribution in [2.24, 2.45) is 0 Å². The first kappa shape index (κ1) is 24.1. The molecule has 148 valence electrons. The molecule has 0 aliphatic heterocycles. The summed E-state index contributed by atoms with van der Waals surface area (Å²) in [7, 11) is 0. The molecule has 0 rings (SSSR count). The molecular weight excluding hydrogens is 310 g/mol. The third-order valence-corrected chi connectivity index (χ3v) is 5.00. The summed E-state index contributed by atoms with van der Waals surface area (Å²) in [6.07, 6.45) is 21.4. The molecule has 0 spiro atoms. The van der Waals surface area contributed by atoms with Gasteiger partial charge in [-0.25, -0.2) is 0 Å². The highest BCUT2D eigenvalue weighted by molar-refractivity contribution is 5.92. The minimum absolute atomic E-state index is 0.131. The van der Waals surface area contributed by atoms with Crippen LogP contribution in [0.25, 0.3) is 0 Å². The lowest BCUT2D eigenvalue weighted by Gasteiger charge is -2.16. The molecule has 0 aromatic carbocycles. The van der Waals surface area contributed by atoms with Crippen LogP contribution < -0.4 is 0 Å². The van der Waals surface area contributed by atoms with Crippen LogP contribution in [0.5, 0.6) is 0 Å². The normalized spacial score (nSPS) is 10.8. The molecule has 0 bridgehead atoms. The number of carbonyl (C=O) groups excluding carboxylic acids is 2. The van der Waals surface area contributed by atoms with Crippen molar-refractivity contribution in [1.82, 2.24) is 4.90 Å². The molecule has 3 heteroatoms. The molecule has 25 heavy (non-hydrogen) atoms. The molecule has 3 nitrogen and oxygen atoms in total. The minimum Gasteiger partial charge on any atom is -0.283 e. The zero-order chi connectivity index (χ0) is 18.8. The van der Waals surface area contributed by atoms with Crippen molar-refractivity contribution >= 4 is 11.8 Å². The van der Waals surface area contributed by atoms with Crippen molar-refractivity contribution in [3.05, 3.63) is 0 Å². The van der Waals surface area contributed by atoms with Crippen molar-refractivity contribution in [3.63, 3.8) is 0 Å². The van der Waals surface area contributed by atoms with Crippen LogP contribution in [-0.4, -0.2) is 23.3 Å². The number of hydrogen-bond acceptors (Lipinski definition) is 2. The van der Waals surface area contributed by atoms with Crippen LogP contribution in [0.1, 0.15) is 124 Å². The summed E-state index contributed by atoms with van der Waals surface area (Å²) in [5, 5.41) is 0. The van der Waals surface area contributed by atoms with Gasteiger partial charge in [0, 0.05) is 20.4 Å². The van der Waals surface area contributed by atoms with E-state index in [4.69, 9.17) is 0 Å². The predicted molar refractivity (Wildman–Crippen MR) is 108 cm³/mol. The molecule has 0 heterocycles. The summed E-state index contributed by atoms with van der Waals surface area (Å²) in [5.41, 5.74) is 0. The highest BCUT2D eigenvalue weighted by Gasteiger charge is 2.11. The summed E-state index contributed by atoms with van der Waals surface area (Å²) in [5.74, 6) is -0.262. The molecular formula is C22H43NO2. The molecule has 2 amide bonds. The van der Waals surface area contributed by atoms with Crippen molar-refractivity contribution in [2.45, 2.75) is 124 Å². The maximum atomic E-state index is 11.3. The molecule has 0 saturated heterocycles. The van der Waals surface area contributed by atoms with E-state index in [1.54, 1.807) is 0 Å². The average molecular weight is 354 g/mol. The van der Waals surface area contributed by atoms with Crippen LogP contribution >= 0.6 is 0 Å². The third-order valence-electron chi connectivity index (χ3n) is 5.00. The number of imide groups is 1. The highest BCUT2D eigenvalue weighted by Crippen LogP contribution is 2.13. The number of rotatable bonds is 17. The van der Waals surface area contributed by atoms with Gasteiger partial charge >= 0.3 is 0 Å². The Hall–Kier alpha value is -0.860. The summed E-state index contributed by atoms with van der Waals surface area (Å²) in [6.45, 7) is 5.79. The molecule has 0 radical (unpaired) electrons. The SMILES string of the molecule is CCCCCCCCCCCCCCCCCCN(C(C)=O)C(C)=O. The van der Waals surface area contributed by atoms with E-state index in [0.29, 0.717) is 6.54 Å². The van der Waals surface area contributed by atoms with Gasteiger partial charge in [-0.15, -0.1) is 0 Å². The van der Waals surface area contributed by atoms with E-state index in [1.807, 2.05) is 0 Å². The zero-order valence-corrected chi connectivity index (χ0v) is 17.3. The van der Waals surface area contributed by atoms with Crippen LogP contribution in [0.3, 0.4) is 0 Å². The van der Waals surface area contributed by atoms with Crippen LogP contribution in [-0.2, 0) is 9.59 Å². The lowest BCUT2D eigenvalue weighted by molar-refractivity contribution is -0.142. The van der Waals surface area contributed by atoms with E-state index in [1.165, 1.54) is 109 Å². The molecule has 0 aliphatic rings. The minimum atomic E-state index is -0.131. The van der Waals surface area contributed by atoms with Gasteiger partial charge in [-0.1, -0.05) is 103 Å². The largest absolute Gasteiger partial charge is 0.283 e. The zero-order valence-electron chi connectivity index (χ0n) is 17.3. The van der Waals surface area contributed by atoms with Crippen LogP contribution in [0.15, 0.2) is 0 Å². The number of nitrogens with zero attached hydrogens (tertiary/aromatic N) is 1. The van der Waals surface area contributed by atoms with Crippen LogP contribution in [0, 0.1) is 0 Å². The van der Waals surface area contributed by atoms with Crippen molar-refractivity contribution < 1.29 is 9.59 Å². The van der Waals surface area contributed by atoms with E-state index in [-0.39, 0.29) is 11.8 Å². The molecule has 0 N–H and O–H groups in total. The second-order valence-corrected chi connectivity index (χ2v) is 7.49. The molecule has 0 fully saturated rings. The first-order valence-electron chi connectivity index (χ1n) is 10.9. The van der Waals surface area contributed by atoms with Crippen molar-refractivity contribution in [2.75, 3.05) is 6.54 Å². The summed E-state index contributed by atoms with van der Waals surface area (Å²) >= 11 is 0. The fourth-order valence-corrected chi connectivity index (χ4v) is 3.35. The van der Waals surface area contributed by atoms with E-state index in [9.17, 15) is 9.59 Å². The Balaban J connectivity index is 3.21. The first-order chi connectivity index (χ1) is 12.1. The lowest BCUT2D eigenvalue weighted by Crippen LogP contribution is -2.34. The Bertz CT molecular complexity index is 314. The quantitative estimate of drug-likeness (QED) is 0.275. The number of carbonyl (C=O) groups is 2. The van der Waals surface area contributed by atoms with Crippen LogP contribution in [0.4, 0.5) is 0 Å². The molecule has 0 aromatic rings. The second-order valence-electron chi connectivity index (χ2n) is 7.49. The Kier molecular flexibility index (Phi) is 17.3. The van der Waals surface area contributed by atoms with Gasteiger partial charge in [-0.3, -0.25) is 14.5 Å². The molecule has 0 atom stereocenters. The maximum absolute atomic E-state index is 11.3. The van der Waals surface area contributed by atoms with Crippen molar-refractivity contribution in [3.8, 4) is 0 Å². The van der Waals surface area contributed by atoms with Gasteiger partial charge in [0.15, 0.2) is 0 Å². The Morgan fingerprint density at radius 3 is 1.08 bits per heavy atom. The predicted octanol–water partition coefficient (Wildman–Crippen LogP) is 6.64. The van der Waals surface area contributed by atoms with Gasteiger partial charge in [0.1, 0.15) is 0 Å². The van der Waals surface area contributed by atoms with Gasteiger partial charge in [-0.05, 0) is 6.42 Å². The standard InChI is InChI=1S/C22H43NO2/c1-4-5-6-7-8-9-10-11-12-13-14-15-16-17-18-19-20-23(21(2)24)22(3)25/h4-20H2,1-3H3. The molecule has 0 saturated carbocycles. The van der Waals surface area contributed by atoms with Gasteiger partial charge in [0.2, 0.25) is 11.8 Å². The number of amides is 2. The van der Waals surface area contributed by atoms with E-state index in [0.717, 1.165) is 12.8 Å². The number of unbranched alkanes of at least 4 members (excludes halogenated alkanes) is 15. The highest BCUT2D eigenvalue weighted by atomic mass is 16.2. The van der Waals surface area contributed by atoms with E-state index < -0.39 is 0 Å².